The van der Waals surface area contributed by atoms with Crippen molar-refractivity contribution < 1.29 is 13.2 Å². The zero-order valence-electron chi connectivity index (χ0n) is 15.7. The summed E-state index contributed by atoms with van der Waals surface area (Å²) in [5, 5.41) is 0. The lowest BCUT2D eigenvalue weighted by Crippen LogP contribution is -2.47. The van der Waals surface area contributed by atoms with Crippen LogP contribution in [0.3, 0.4) is 0 Å². The van der Waals surface area contributed by atoms with E-state index in [9.17, 15) is 13.2 Å². The molecule has 1 aliphatic rings. The molecular formula is C21H23F3N4. The number of hydrogen-bond donors (Lipinski definition) is 0. The van der Waals surface area contributed by atoms with Gasteiger partial charge >= 0.3 is 6.55 Å². The minimum absolute atomic E-state index is 0.191. The highest BCUT2D eigenvalue weighted by atomic mass is 19.3. The van der Waals surface area contributed by atoms with Crippen LogP contribution in [0.15, 0.2) is 48.5 Å². The molecule has 0 saturated carbocycles. The number of para-hydroxylation sites is 2. The van der Waals surface area contributed by atoms with Crippen molar-refractivity contribution in [1.82, 2.24) is 19.4 Å². The van der Waals surface area contributed by atoms with Crippen molar-refractivity contribution in [3.05, 3.63) is 65.7 Å². The van der Waals surface area contributed by atoms with Crippen molar-refractivity contribution in [3.8, 4) is 0 Å². The molecule has 1 fully saturated rings. The van der Waals surface area contributed by atoms with Crippen LogP contribution in [-0.4, -0.2) is 45.5 Å². The van der Waals surface area contributed by atoms with Crippen molar-refractivity contribution in [2.45, 2.75) is 26.1 Å². The van der Waals surface area contributed by atoms with Gasteiger partial charge in [-0.3, -0.25) is 14.4 Å². The van der Waals surface area contributed by atoms with Gasteiger partial charge in [-0.25, -0.2) is 9.37 Å². The summed E-state index contributed by atoms with van der Waals surface area (Å²) in [6.45, 7) is 2.81. The number of alkyl halides is 2. The Morgan fingerprint density at radius 1 is 0.964 bits per heavy atom. The van der Waals surface area contributed by atoms with E-state index in [0.717, 1.165) is 30.7 Å². The monoisotopic (exact) mass is 388 g/mol. The number of nitrogens with zero attached hydrogens (tertiary/aromatic N) is 4. The maximum atomic E-state index is 13.9. The molecule has 2 heterocycles. The third kappa shape index (κ3) is 3.64. The highest BCUT2D eigenvalue weighted by molar-refractivity contribution is 5.76. The third-order valence-corrected chi connectivity index (χ3v) is 5.50. The molecule has 1 unspecified atom stereocenters. The van der Waals surface area contributed by atoms with Crippen LogP contribution >= 0.6 is 0 Å². The van der Waals surface area contributed by atoms with E-state index in [-0.39, 0.29) is 11.9 Å². The fraction of sp³-hybridized carbons (Fsp3) is 0.381. The molecule has 1 saturated heterocycles. The average Bonchev–Trinajstić information content (AvgIpc) is 3.09. The third-order valence-electron chi connectivity index (χ3n) is 5.50. The van der Waals surface area contributed by atoms with Crippen LogP contribution in [0.5, 0.6) is 0 Å². The molecular weight excluding hydrogens is 365 g/mol. The number of halogens is 3. The van der Waals surface area contributed by atoms with Crippen LogP contribution in [0.4, 0.5) is 13.2 Å². The van der Waals surface area contributed by atoms with Gasteiger partial charge in [0.15, 0.2) is 0 Å². The zero-order chi connectivity index (χ0) is 19.7. The second kappa shape index (κ2) is 7.93. The first kappa shape index (κ1) is 19.0. The fourth-order valence-electron chi connectivity index (χ4n) is 3.90. The van der Waals surface area contributed by atoms with Gasteiger partial charge < -0.3 is 0 Å². The predicted octanol–water partition coefficient (Wildman–Crippen LogP) is 4.45. The van der Waals surface area contributed by atoms with Gasteiger partial charge in [-0.1, -0.05) is 30.3 Å². The molecule has 0 radical (unpaired) electrons. The maximum absolute atomic E-state index is 13.9. The molecule has 2 aromatic carbocycles. The molecule has 4 rings (SSSR count). The second-order valence-electron chi connectivity index (χ2n) is 7.19. The normalized spacial score (nSPS) is 17.5. The summed E-state index contributed by atoms with van der Waals surface area (Å²) in [5.74, 6) is 0.197. The number of benzene rings is 2. The molecule has 0 bridgehead atoms. The van der Waals surface area contributed by atoms with E-state index in [4.69, 9.17) is 0 Å². The molecule has 0 amide bonds. The largest absolute Gasteiger partial charge is 0.320 e. The Balaban J connectivity index is 1.47. The summed E-state index contributed by atoms with van der Waals surface area (Å²) in [6.07, 6.45) is 0. The molecule has 7 heteroatoms. The predicted molar refractivity (Wildman–Crippen MR) is 103 cm³/mol. The zero-order valence-corrected chi connectivity index (χ0v) is 15.7. The van der Waals surface area contributed by atoms with Gasteiger partial charge in [-0.15, -0.1) is 0 Å². The van der Waals surface area contributed by atoms with Gasteiger partial charge in [0.25, 0.3) is 0 Å². The Hall–Kier alpha value is -2.38. The number of imidazole rings is 1. The van der Waals surface area contributed by atoms with Crippen LogP contribution in [0.2, 0.25) is 0 Å². The minimum Gasteiger partial charge on any atom is -0.296 e. The van der Waals surface area contributed by atoms with Crippen molar-refractivity contribution in [2.75, 3.05) is 26.2 Å². The quantitative estimate of drug-likeness (QED) is 0.645. The van der Waals surface area contributed by atoms with Gasteiger partial charge in [0, 0.05) is 38.3 Å². The van der Waals surface area contributed by atoms with Crippen LogP contribution in [0, 0.1) is 5.82 Å². The van der Waals surface area contributed by atoms with E-state index in [1.54, 1.807) is 36.4 Å². The van der Waals surface area contributed by atoms with Crippen LogP contribution < -0.4 is 0 Å². The smallest absolute Gasteiger partial charge is 0.296 e. The Kier molecular flexibility index (Phi) is 5.37. The van der Waals surface area contributed by atoms with Gasteiger partial charge in [0.2, 0.25) is 0 Å². The maximum Gasteiger partial charge on any atom is 0.320 e. The van der Waals surface area contributed by atoms with Crippen LogP contribution in [-0.2, 0) is 6.54 Å². The van der Waals surface area contributed by atoms with Crippen molar-refractivity contribution in [2.24, 2.45) is 0 Å². The lowest BCUT2D eigenvalue weighted by atomic mass is 10.1. The SMILES string of the molecule is CC(c1nc2ccccc2n1C(F)F)N1CCN(Cc2ccccc2F)CC1. The molecule has 0 aliphatic carbocycles. The number of rotatable bonds is 5. The summed E-state index contributed by atoms with van der Waals surface area (Å²) in [5.41, 5.74) is 1.73. The Morgan fingerprint density at radius 2 is 1.64 bits per heavy atom. The molecule has 0 N–H and O–H groups in total. The van der Waals surface area contributed by atoms with E-state index in [1.807, 2.05) is 13.0 Å². The Morgan fingerprint density at radius 3 is 2.36 bits per heavy atom. The van der Waals surface area contributed by atoms with Gasteiger partial charge in [0.1, 0.15) is 11.6 Å². The number of piperazine rings is 1. The molecule has 1 aromatic heterocycles. The summed E-state index contributed by atoms with van der Waals surface area (Å²) in [7, 11) is 0. The van der Waals surface area contributed by atoms with Gasteiger partial charge in [-0.05, 0) is 25.1 Å². The Labute approximate surface area is 162 Å². The molecule has 4 nitrogen and oxygen atoms in total. The molecule has 1 atom stereocenters. The Bertz CT molecular complexity index is 948. The van der Waals surface area contributed by atoms with Gasteiger partial charge in [0.05, 0.1) is 17.1 Å². The topological polar surface area (TPSA) is 24.3 Å². The first-order valence-corrected chi connectivity index (χ1v) is 9.49. The molecule has 148 valence electrons. The summed E-state index contributed by atoms with van der Waals surface area (Å²) in [4.78, 5) is 8.84. The van der Waals surface area contributed by atoms with Crippen LogP contribution in [0.1, 0.15) is 30.9 Å². The molecule has 3 aromatic rings. The minimum atomic E-state index is -2.63. The van der Waals surface area contributed by atoms with Crippen molar-refractivity contribution in [3.63, 3.8) is 0 Å². The number of aromatic nitrogens is 2. The second-order valence-corrected chi connectivity index (χ2v) is 7.19. The lowest BCUT2D eigenvalue weighted by Gasteiger charge is -2.37. The summed E-state index contributed by atoms with van der Waals surface area (Å²) < 4.78 is 42.3. The number of hydrogen-bond acceptors (Lipinski definition) is 3. The number of fused-ring (bicyclic) bond motifs is 1. The van der Waals surface area contributed by atoms with Crippen molar-refractivity contribution in [1.29, 1.82) is 0 Å². The lowest BCUT2D eigenvalue weighted by molar-refractivity contribution is 0.0557. The standard InChI is InChI=1S/C21H23F3N4/c1-15(20-25-18-8-4-5-9-19(18)28(20)21(23)24)27-12-10-26(11-13-27)14-16-6-2-3-7-17(16)22/h2-9,15,21H,10-14H2,1H3. The van der Waals surface area contributed by atoms with Gasteiger partial charge in [-0.2, -0.15) is 8.78 Å². The molecule has 28 heavy (non-hydrogen) atoms. The molecule has 0 spiro atoms. The first-order chi connectivity index (χ1) is 13.5. The van der Waals surface area contributed by atoms with Crippen LogP contribution in [0.25, 0.3) is 11.0 Å². The van der Waals surface area contributed by atoms with E-state index >= 15 is 0 Å². The highest BCUT2D eigenvalue weighted by Crippen LogP contribution is 2.30. The average molecular weight is 388 g/mol. The first-order valence-electron chi connectivity index (χ1n) is 9.49. The van der Waals surface area contributed by atoms with E-state index < -0.39 is 6.55 Å². The van der Waals surface area contributed by atoms with E-state index in [2.05, 4.69) is 14.8 Å². The van der Waals surface area contributed by atoms with E-state index in [0.29, 0.717) is 29.0 Å². The summed E-state index contributed by atoms with van der Waals surface area (Å²) in [6, 6.07) is 13.6. The fourth-order valence-corrected chi connectivity index (χ4v) is 3.90. The van der Waals surface area contributed by atoms with Crippen molar-refractivity contribution >= 4 is 11.0 Å². The highest BCUT2D eigenvalue weighted by Gasteiger charge is 2.28. The summed E-state index contributed by atoms with van der Waals surface area (Å²) >= 11 is 0. The van der Waals surface area contributed by atoms with E-state index in [1.165, 1.54) is 6.07 Å². The molecule has 1 aliphatic heterocycles.